The number of rotatable bonds is 5. The van der Waals surface area contributed by atoms with Crippen LogP contribution in [0.4, 0.5) is 0 Å². The molecular formula is C21H21ClN2O4S. The summed E-state index contributed by atoms with van der Waals surface area (Å²) in [7, 11) is -3.74. The van der Waals surface area contributed by atoms with Crippen molar-refractivity contribution in [3.63, 3.8) is 0 Å². The van der Waals surface area contributed by atoms with Crippen LogP contribution in [0.15, 0.2) is 47.4 Å². The first-order valence-electron chi connectivity index (χ1n) is 9.52. The van der Waals surface area contributed by atoms with Crippen LogP contribution in [-0.2, 0) is 10.0 Å². The molecule has 2 aromatic carbocycles. The van der Waals surface area contributed by atoms with E-state index in [1.165, 1.54) is 6.07 Å². The van der Waals surface area contributed by atoms with Crippen molar-refractivity contribution in [2.45, 2.75) is 43.0 Å². The minimum atomic E-state index is -3.74. The van der Waals surface area contributed by atoms with Crippen molar-refractivity contribution in [1.29, 1.82) is 0 Å². The zero-order valence-corrected chi connectivity index (χ0v) is 17.2. The number of halogens is 1. The summed E-state index contributed by atoms with van der Waals surface area (Å²) >= 11 is 6.23. The van der Waals surface area contributed by atoms with Gasteiger partial charge in [-0.1, -0.05) is 43.0 Å². The predicted molar refractivity (Wildman–Crippen MR) is 113 cm³/mol. The molecular weight excluding hydrogens is 412 g/mol. The molecule has 152 valence electrons. The van der Waals surface area contributed by atoms with Crippen molar-refractivity contribution in [2.24, 2.45) is 0 Å². The predicted octanol–water partition coefficient (Wildman–Crippen LogP) is 4.80. The molecule has 1 aliphatic rings. The smallest absolute Gasteiger partial charge is 0.335 e. The largest absolute Gasteiger partial charge is 0.478 e. The minimum Gasteiger partial charge on any atom is -0.478 e. The van der Waals surface area contributed by atoms with Gasteiger partial charge in [-0.15, -0.1) is 0 Å². The summed E-state index contributed by atoms with van der Waals surface area (Å²) in [5.41, 5.74) is 2.20. The van der Waals surface area contributed by atoms with Crippen molar-refractivity contribution in [3.8, 4) is 11.3 Å². The van der Waals surface area contributed by atoms with Crippen molar-refractivity contribution in [3.05, 3.63) is 53.1 Å². The number of hydrogen-bond donors (Lipinski definition) is 3. The molecule has 3 N–H and O–H groups in total. The number of aromatic amines is 1. The highest BCUT2D eigenvalue weighted by Gasteiger charge is 2.24. The summed E-state index contributed by atoms with van der Waals surface area (Å²) in [4.78, 5) is 14.4. The Morgan fingerprint density at radius 2 is 1.83 bits per heavy atom. The van der Waals surface area contributed by atoms with Crippen LogP contribution >= 0.6 is 11.6 Å². The Hall–Kier alpha value is -2.35. The van der Waals surface area contributed by atoms with Gasteiger partial charge in [-0.3, -0.25) is 0 Å². The second kappa shape index (κ2) is 7.82. The van der Waals surface area contributed by atoms with Crippen LogP contribution in [0.1, 0.15) is 42.5 Å². The monoisotopic (exact) mass is 432 g/mol. The molecule has 4 rings (SSSR count). The molecule has 0 bridgehead atoms. The Balaban J connectivity index is 1.69. The number of carbonyl (C=O) groups is 1. The Labute approximate surface area is 173 Å². The van der Waals surface area contributed by atoms with Gasteiger partial charge in [0.05, 0.1) is 10.6 Å². The van der Waals surface area contributed by atoms with Gasteiger partial charge in [-0.2, -0.15) is 0 Å². The van der Waals surface area contributed by atoms with Crippen LogP contribution in [0.5, 0.6) is 0 Å². The summed E-state index contributed by atoms with van der Waals surface area (Å²) in [5, 5.41) is 10.2. The highest BCUT2D eigenvalue weighted by molar-refractivity contribution is 7.89. The van der Waals surface area contributed by atoms with E-state index in [2.05, 4.69) is 9.71 Å². The molecule has 0 radical (unpaired) electrons. The number of sulfonamides is 1. The first kappa shape index (κ1) is 19.9. The molecule has 3 aromatic rings. The van der Waals surface area contributed by atoms with Gasteiger partial charge in [0.15, 0.2) is 0 Å². The van der Waals surface area contributed by atoms with Crippen LogP contribution in [0.3, 0.4) is 0 Å². The van der Waals surface area contributed by atoms with Crippen LogP contribution in [-0.4, -0.2) is 30.5 Å². The van der Waals surface area contributed by atoms with Crippen molar-refractivity contribution in [2.75, 3.05) is 0 Å². The van der Waals surface area contributed by atoms with Crippen LogP contribution in [0, 0.1) is 0 Å². The van der Waals surface area contributed by atoms with E-state index < -0.39 is 16.0 Å². The molecule has 0 aliphatic heterocycles. The number of hydrogen-bond acceptors (Lipinski definition) is 3. The van der Waals surface area contributed by atoms with E-state index in [1.54, 1.807) is 30.3 Å². The summed E-state index contributed by atoms with van der Waals surface area (Å²) in [5.74, 6) is -1.00. The highest BCUT2D eigenvalue weighted by atomic mass is 35.5. The number of fused-ring (bicyclic) bond motifs is 1. The molecule has 1 aliphatic carbocycles. The maximum absolute atomic E-state index is 12.9. The molecule has 1 fully saturated rings. The number of benzene rings is 2. The third kappa shape index (κ3) is 4.17. The van der Waals surface area contributed by atoms with Crippen molar-refractivity contribution < 1.29 is 18.3 Å². The zero-order chi connectivity index (χ0) is 20.6. The quantitative estimate of drug-likeness (QED) is 0.539. The van der Waals surface area contributed by atoms with Gasteiger partial charge in [-0.05, 0) is 48.7 Å². The molecule has 0 spiro atoms. The number of aromatic carboxylic acids is 1. The molecule has 6 nitrogen and oxygen atoms in total. The van der Waals surface area contributed by atoms with E-state index in [0.29, 0.717) is 16.8 Å². The van der Waals surface area contributed by atoms with Crippen molar-refractivity contribution >= 4 is 38.5 Å². The van der Waals surface area contributed by atoms with Gasteiger partial charge in [-0.25, -0.2) is 17.9 Å². The molecule has 0 unspecified atom stereocenters. The molecule has 0 saturated heterocycles. The number of carboxylic acid groups (broad SMARTS) is 1. The molecule has 8 heteroatoms. The fraction of sp³-hybridized carbons (Fsp3) is 0.286. The third-order valence-corrected chi connectivity index (χ3v) is 7.33. The van der Waals surface area contributed by atoms with E-state index in [-0.39, 0.29) is 21.5 Å². The summed E-state index contributed by atoms with van der Waals surface area (Å²) < 4.78 is 28.6. The number of aromatic nitrogens is 1. The Morgan fingerprint density at radius 3 is 2.55 bits per heavy atom. The molecule has 1 heterocycles. The van der Waals surface area contributed by atoms with Crippen LogP contribution in [0.25, 0.3) is 22.2 Å². The van der Waals surface area contributed by atoms with Crippen molar-refractivity contribution in [1.82, 2.24) is 9.71 Å². The lowest BCUT2D eigenvalue weighted by atomic mass is 9.96. The Kier molecular flexibility index (Phi) is 5.38. The van der Waals surface area contributed by atoms with Crippen LogP contribution in [0.2, 0.25) is 5.02 Å². The lowest BCUT2D eigenvalue weighted by molar-refractivity contribution is 0.0697. The lowest BCUT2D eigenvalue weighted by Crippen LogP contribution is -2.36. The first-order chi connectivity index (χ1) is 13.8. The topological polar surface area (TPSA) is 99.3 Å². The fourth-order valence-electron chi connectivity index (χ4n) is 3.80. The molecule has 0 amide bonds. The SMILES string of the molecule is O=C(O)c1ccc2cc(-c3ccc(Cl)c(S(=O)(=O)NC4CCCCC4)c3)[nH]c2c1. The number of H-pyrrole nitrogens is 1. The van der Waals surface area contributed by atoms with Gasteiger partial charge in [0, 0.05) is 22.6 Å². The van der Waals surface area contributed by atoms with E-state index in [1.807, 2.05) is 6.07 Å². The Morgan fingerprint density at radius 1 is 1.07 bits per heavy atom. The molecule has 29 heavy (non-hydrogen) atoms. The molecule has 1 saturated carbocycles. The van der Waals surface area contributed by atoms with Gasteiger partial charge in [0.25, 0.3) is 0 Å². The number of carboxylic acids is 1. The van der Waals surface area contributed by atoms with E-state index in [0.717, 1.165) is 37.5 Å². The van der Waals surface area contributed by atoms with Gasteiger partial charge < -0.3 is 10.1 Å². The van der Waals surface area contributed by atoms with E-state index in [4.69, 9.17) is 16.7 Å². The number of nitrogens with one attached hydrogen (secondary N) is 2. The normalized spacial score (nSPS) is 15.6. The van der Waals surface area contributed by atoms with Crippen LogP contribution < -0.4 is 4.72 Å². The highest BCUT2D eigenvalue weighted by Crippen LogP contribution is 2.31. The second-order valence-corrected chi connectivity index (χ2v) is 9.48. The maximum atomic E-state index is 12.9. The average Bonchev–Trinajstić information content (AvgIpc) is 3.12. The molecule has 1 aromatic heterocycles. The Bertz CT molecular complexity index is 1180. The summed E-state index contributed by atoms with van der Waals surface area (Å²) in [6, 6.07) is 11.5. The van der Waals surface area contributed by atoms with Gasteiger partial charge in [0.2, 0.25) is 10.0 Å². The van der Waals surface area contributed by atoms with Gasteiger partial charge >= 0.3 is 5.97 Å². The van der Waals surface area contributed by atoms with E-state index in [9.17, 15) is 13.2 Å². The molecule has 0 atom stereocenters. The first-order valence-corrected chi connectivity index (χ1v) is 11.4. The summed E-state index contributed by atoms with van der Waals surface area (Å²) in [6.45, 7) is 0. The second-order valence-electron chi connectivity index (χ2n) is 7.39. The maximum Gasteiger partial charge on any atom is 0.335 e. The average molecular weight is 433 g/mol. The van der Waals surface area contributed by atoms with Gasteiger partial charge in [0.1, 0.15) is 4.90 Å². The third-order valence-electron chi connectivity index (χ3n) is 5.33. The zero-order valence-electron chi connectivity index (χ0n) is 15.6. The minimum absolute atomic E-state index is 0.0483. The fourth-order valence-corrected chi connectivity index (χ4v) is 5.63. The lowest BCUT2D eigenvalue weighted by Gasteiger charge is -2.23. The standard InChI is InChI=1S/C21H21ClN2O4S/c22-17-9-8-14(12-20(17)29(27,28)24-16-4-2-1-3-5-16)18-10-13-6-7-15(21(25)26)11-19(13)23-18/h6-12,16,23-24H,1-5H2,(H,25,26). The van der Waals surface area contributed by atoms with E-state index >= 15 is 0 Å². The summed E-state index contributed by atoms with van der Waals surface area (Å²) in [6.07, 6.45) is 4.86.